The highest BCUT2D eigenvalue weighted by atomic mass is 35.5. The molecule has 0 aliphatic carbocycles. The van der Waals surface area contributed by atoms with Gasteiger partial charge in [-0.25, -0.2) is 0 Å². The SMILES string of the molecule is COc1cccc(C(=O)Nc2cncc(-c3nsc(Nc4ccc5[nH]ncc5c4Cl)n3)c2)c1. The fraction of sp³-hybridized carbons (Fsp3) is 0.0455. The van der Waals surface area contributed by atoms with Crippen LogP contribution in [0.2, 0.25) is 5.02 Å². The third-order valence-corrected chi connectivity index (χ3v) is 5.85. The van der Waals surface area contributed by atoms with E-state index in [4.69, 9.17) is 16.3 Å². The van der Waals surface area contributed by atoms with E-state index in [-0.39, 0.29) is 5.91 Å². The number of benzene rings is 2. The normalized spacial score (nSPS) is 10.8. The molecule has 5 aromatic rings. The van der Waals surface area contributed by atoms with Crippen molar-refractivity contribution in [2.45, 2.75) is 0 Å². The number of ether oxygens (including phenoxy) is 1. The van der Waals surface area contributed by atoms with Gasteiger partial charge in [0, 0.05) is 34.2 Å². The van der Waals surface area contributed by atoms with Gasteiger partial charge in [0.2, 0.25) is 5.13 Å². The molecule has 3 N–H and O–H groups in total. The molecule has 1 amide bonds. The van der Waals surface area contributed by atoms with Gasteiger partial charge in [-0.05, 0) is 36.4 Å². The number of amides is 1. The number of nitrogens with zero attached hydrogens (tertiary/aromatic N) is 4. The summed E-state index contributed by atoms with van der Waals surface area (Å²) in [5, 5.41) is 14.8. The van der Waals surface area contributed by atoms with Gasteiger partial charge >= 0.3 is 0 Å². The minimum atomic E-state index is -0.272. The topological polar surface area (TPSA) is 118 Å². The first-order valence-electron chi connectivity index (χ1n) is 9.74. The van der Waals surface area contributed by atoms with Gasteiger partial charge in [-0.1, -0.05) is 17.7 Å². The molecule has 9 nitrogen and oxygen atoms in total. The Kier molecular flexibility index (Phi) is 5.59. The van der Waals surface area contributed by atoms with Crippen molar-refractivity contribution in [2.75, 3.05) is 17.7 Å². The van der Waals surface area contributed by atoms with Crippen molar-refractivity contribution in [3.05, 3.63) is 71.6 Å². The number of rotatable bonds is 6. The van der Waals surface area contributed by atoms with Crippen LogP contribution >= 0.6 is 23.1 Å². The summed E-state index contributed by atoms with van der Waals surface area (Å²) >= 11 is 7.66. The Morgan fingerprint density at radius 2 is 2.06 bits per heavy atom. The van der Waals surface area contributed by atoms with Crippen molar-refractivity contribution in [3.8, 4) is 17.1 Å². The minimum absolute atomic E-state index is 0.272. The first kappa shape index (κ1) is 20.9. The number of hydrogen-bond donors (Lipinski definition) is 3. The predicted molar refractivity (Wildman–Crippen MR) is 128 cm³/mol. The van der Waals surface area contributed by atoms with Crippen LogP contribution in [0.3, 0.4) is 0 Å². The summed E-state index contributed by atoms with van der Waals surface area (Å²) < 4.78 is 9.58. The van der Waals surface area contributed by atoms with Crippen molar-refractivity contribution in [2.24, 2.45) is 0 Å². The zero-order valence-corrected chi connectivity index (χ0v) is 18.7. The summed E-state index contributed by atoms with van der Waals surface area (Å²) in [5.74, 6) is 0.812. The van der Waals surface area contributed by atoms with Crippen LogP contribution in [0, 0.1) is 0 Å². The second-order valence-corrected chi connectivity index (χ2v) is 8.08. The average molecular weight is 478 g/mol. The second-order valence-electron chi connectivity index (χ2n) is 6.95. The Morgan fingerprint density at radius 1 is 1.15 bits per heavy atom. The van der Waals surface area contributed by atoms with Gasteiger partial charge in [0.15, 0.2) is 5.82 Å². The Balaban J connectivity index is 1.33. The maximum Gasteiger partial charge on any atom is 0.255 e. The van der Waals surface area contributed by atoms with Crippen LogP contribution in [-0.4, -0.2) is 37.6 Å². The molecule has 0 atom stereocenters. The van der Waals surface area contributed by atoms with Gasteiger partial charge in [0.1, 0.15) is 5.75 Å². The molecular formula is C22H16ClN7O2S. The third-order valence-electron chi connectivity index (χ3n) is 4.81. The number of methoxy groups -OCH3 is 1. The summed E-state index contributed by atoms with van der Waals surface area (Å²) in [6, 6.07) is 12.4. The monoisotopic (exact) mass is 477 g/mol. The van der Waals surface area contributed by atoms with Crippen molar-refractivity contribution in [1.29, 1.82) is 0 Å². The summed E-state index contributed by atoms with van der Waals surface area (Å²) in [6.45, 7) is 0. The lowest BCUT2D eigenvalue weighted by molar-refractivity contribution is 0.102. The summed E-state index contributed by atoms with van der Waals surface area (Å²) in [4.78, 5) is 21.3. The molecule has 0 radical (unpaired) electrons. The lowest BCUT2D eigenvalue weighted by Gasteiger charge is -2.07. The van der Waals surface area contributed by atoms with Crippen LogP contribution in [0.1, 0.15) is 10.4 Å². The Hall–Kier alpha value is -4.02. The van der Waals surface area contributed by atoms with Crippen LogP contribution in [0.15, 0.2) is 61.1 Å². The van der Waals surface area contributed by atoms with E-state index in [2.05, 4.69) is 35.2 Å². The maximum atomic E-state index is 12.6. The van der Waals surface area contributed by atoms with Crippen LogP contribution < -0.4 is 15.4 Å². The Labute approximate surface area is 197 Å². The highest BCUT2D eigenvalue weighted by molar-refractivity contribution is 7.10. The highest BCUT2D eigenvalue weighted by Gasteiger charge is 2.13. The number of hydrogen-bond acceptors (Lipinski definition) is 8. The lowest BCUT2D eigenvalue weighted by atomic mass is 10.2. The van der Waals surface area contributed by atoms with E-state index >= 15 is 0 Å². The number of anilines is 3. The van der Waals surface area contributed by atoms with Crippen LogP contribution in [0.5, 0.6) is 5.75 Å². The van der Waals surface area contributed by atoms with Gasteiger partial charge in [0.25, 0.3) is 5.91 Å². The minimum Gasteiger partial charge on any atom is -0.497 e. The van der Waals surface area contributed by atoms with Gasteiger partial charge < -0.3 is 15.4 Å². The number of pyridine rings is 1. The van der Waals surface area contributed by atoms with Crippen molar-refractivity contribution in [3.63, 3.8) is 0 Å². The maximum absolute atomic E-state index is 12.6. The van der Waals surface area contributed by atoms with E-state index in [1.54, 1.807) is 56.0 Å². The molecule has 0 spiro atoms. The van der Waals surface area contributed by atoms with E-state index in [0.717, 1.165) is 10.9 Å². The van der Waals surface area contributed by atoms with Crippen molar-refractivity contribution in [1.82, 2.24) is 24.5 Å². The first-order valence-corrected chi connectivity index (χ1v) is 10.9. The third kappa shape index (κ3) is 4.34. The zero-order chi connectivity index (χ0) is 22.8. The Morgan fingerprint density at radius 3 is 2.94 bits per heavy atom. The number of fused-ring (bicyclic) bond motifs is 1. The number of carbonyl (C=O) groups excluding carboxylic acids is 1. The zero-order valence-electron chi connectivity index (χ0n) is 17.2. The van der Waals surface area contributed by atoms with E-state index in [1.165, 1.54) is 11.5 Å². The second kappa shape index (κ2) is 8.85. The van der Waals surface area contributed by atoms with E-state index < -0.39 is 0 Å². The van der Waals surface area contributed by atoms with Gasteiger partial charge in [-0.15, -0.1) is 0 Å². The molecule has 5 rings (SSSR count). The smallest absolute Gasteiger partial charge is 0.255 e. The summed E-state index contributed by atoms with van der Waals surface area (Å²) in [7, 11) is 1.55. The van der Waals surface area contributed by atoms with E-state index in [9.17, 15) is 4.79 Å². The van der Waals surface area contributed by atoms with Crippen LogP contribution in [0.25, 0.3) is 22.3 Å². The fourth-order valence-electron chi connectivity index (χ4n) is 3.18. The predicted octanol–water partition coefficient (Wildman–Crippen LogP) is 5.13. The fourth-order valence-corrected chi connectivity index (χ4v) is 4.05. The van der Waals surface area contributed by atoms with Crippen LogP contribution in [0.4, 0.5) is 16.5 Å². The molecule has 0 aliphatic rings. The molecule has 3 heterocycles. The molecular weight excluding hydrogens is 462 g/mol. The summed E-state index contributed by atoms with van der Waals surface area (Å²) in [6.07, 6.45) is 4.87. The number of aromatic nitrogens is 5. The highest BCUT2D eigenvalue weighted by Crippen LogP contribution is 2.33. The largest absolute Gasteiger partial charge is 0.497 e. The van der Waals surface area contributed by atoms with Gasteiger partial charge in [-0.2, -0.15) is 14.5 Å². The molecule has 0 saturated heterocycles. The van der Waals surface area contributed by atoms with E-state index in [0.29, 0.717) is 44.2 Å². The summed E-state index contributed by atoms with van der Waals surface area (Å²) in [5.41, 5.74) is 3.22. The molecule has 11 heteroatoms. The molecule has 0 unspecified atom stereocenters. The molecule has 164 valence electrons. The molecule has 0 fully saturated rings. The van der Waals surface area contributed by atoms with Gasteiger partial charge in [-0.3, -0.25) is 14.9 Å². The first-order chi connectivity index (χ1) is 16.1. The molecule has 3 aromatic heterocycles. The number of carbonyl (C=O) groups is 1. The molecule has 33 heavy (non-hydrogen) atoms. The number of nitrogens with one attached hydrogen (secondary N) is 3. The van der Waals surface area contributed by atoms with Gasteiger partial charge in [0.05, 0.1) is 41.4 Å². The average Bonchev–Trinajstić information content (AvgIpc) is 3.51. The quantitative estimate of drug-likeness (QED) is 0.310. The molecule has 2 aromatic carbocycles. The van der Waals surface area contributed by atoms with E-state index in [1.807, 2.05) is 12.1 Å². The Bertz CT molecular complexity index is 1470. The number of halogens is 1. The van der Waals surface area contributed by atoms with Crippen LogP contribution in [-0.2, 0) is 0 Å². The lowest BCUT2D eigenvalue weighted by Crippen LogP contribution is -2.12. The molecule has 0 saturated carbocycles. The standard InChI is InChI=1S/C22H16ClN7O2S/c1-32-15-4-2-3-12(8-15)21(31)26-14-7-13(9-24-10-14)20-28-22(33-30-20)27-18-6-5-17-16(19(18)23)11-25-29-17/h2-11H,1H3,(H,25,29)(H,26,31)(H,27,28,30). The number of H-pyrrole nitrogens is 1. The molecule has 0 bridgehead atoms. The number of aromatic amines is 1. The van der Waals surface area contributed by atoms with Crippen molar-refractivity contribution >= 4 is 56.4 Å². The van der Waals surface area contributed by atoms with Crippen molar-refractivity contribution < 1.29 is 9.53 Å². The molecule has 0 aliphatic heterocycles.